The maximum Gasteiger partial charge on any atom is 0.237 e. The van der Waals surface area contributed by atoms with Gasteiger partial charge in [0.15, 0.2) is 9.84 Å². The summed E-state index contributed by atoms with van der Waals surface area (Å²) in [5, 5.41) is 3.06. The number of nitrogens with zero attached hydrogens (tertiary/aromatic N) is 2. The first-order valence-corrected chi connectivity index (χ1v) is 10.2. The van der Waals surface area contributed by atoms with Gasteiger partial charge in [-0.2, -0.15) is 0 Å². The van der Waals surface area contributed by atoms with Gasteiger partial charge in [-0.05, 0) is 19.3 Å². The molecular weight excluding hydrogens is 338 g/mol. The molecule has 0 aromatic heterocycles. The number of carbonyl (C=O) groups excluding carboxylic acids is 1. The molecule has 2 aliphatic heterocycles. The maximum atomic E-state index is 12.4. The van der Waals surface area contributed by atoms with E-state index in [1.165, 1.54) is 0 Å². The van der Waals surface area contributed by atoms with Crippen LogP contribution in [0.15, 0.2) is 0 Å². The van der Waals surface area contributed by atoms with Crippen molar-refractivity contribution in [2.75, 3.05) is 45.0 Å². The minimum absolute atomic E-state index is 0. The summed E-state index contributed by atoms with van der Waals surface area (Å²) in [4.78, 5) is 16.6. The second kappa shape index (κ2) is 8.14. The summed E-state index contributed by atoms with van der Waals surface area (Å²) in [6.07, 6.45) is 4.40. The molecule has 1 N–H and O–H groups in total. The van der Waals surface area contributed by atoms with Crippen LogP contribution in [0.4, 0.5) is 0 Å². The first-order valence-electron chi connectivity index (χ1n) is 8.50. The molecule has 6 nitrogen and oxygen atoms in total. The lowest BCUT2D eigenvalue weighted by atomic mass is 10.2. The predicted molar refractivity (Wildman–Crippen MR) is 92.7 cm³/mol. The minimum Gasteiger partial charge on any atom is -0.340 e. The Kier molecular flexibility index (Phi) is 6.71. The van der Waals surface area contributed by atoms with Crippen molar-refractivity contribution in [2.45, 2.75) is 43.4 Å². The summed E-state index contributed by atoms with van der Waals surface area (Å²) >= 11 is 0. The lowest BCUT2D eigenvalue weighted by molar-refractivity contribution is -0.127. The molecule has 2 saturated heterocycles. The highest BCUT2D eigenvalue weighted by Gasteiger charge is 2.35. The van der Waals surface area contributed by atoms with Crippen LogP contribution in [-0.2, 0) is 14.6 Å². The van der Waals surface area contributed by atoms with Gasteiger partial charge < -0.3 is 10.2 Å². The lowest BCUT2D eigenvalue weighted by Gasteiger charge is -2.32. The Hall–Kier alpha value is -0.370. The zero-order valence-electron chi connectivity index (χ0n) is 13.6. The normalized spacial score (nSPS) is 27.1. The zero-order chi connectivity index (χ0) is 15.6. The number of likely N-dealkylation sites (tertiary alicyclic amines) is 1. The Morgan fingerprint density at radius 1 is 1.04 bits per heavy atom. The Balaban J connectivity index is 0.00000192. The number of halogens is 1. The van der Waals surface area contributed by atoms with Crippen LogP contribution >= 0.6 is 12.4 Å². The van der Waals surface area contributed by atoms with Gasteiger partial charge in [0.1, 0.15) is 5.75 Å². The summed E-state index contributed by atoms with van der Waals surface area (Å²) in [6, 6.07) is 0.403. The number of piperazine rings is 1. The molecule has 0 bridgehead atoms. The zero-order valence-corrected chi connectivity index (χ0v) is 15.2. The van der Waals surface area contributed by atoms with Gasteiger partial charge in [0.25, 0.3) is 0 Å². The standard InChI is InChI=1S/C15H27N3O3S.ClH/c19-15(12-22(20,21)14-3-1-2-4-14)18-8-5-13(11-18)17-9-6-16-7-10-17;/h13-14,16H,1-12H2;1H. The van der Waals surface area contributed by atoms with Gasteiger partial charge in [0.05, 0.1) is 5.25 Å². The van der Waals surface area contributed by atoms with Crippen molar-refractivity contribution in [3.05, 3.63) is 0 Å². The number of sulfone groups is 1. The topological polar surface area (TPSA) is 69.7 Å². The molecule has 2 heterocycles. The second-order valence-electron chi connectivity index (χ2n) is 6.78. The molecule has 1 saturated carbocycles. The van der Waals surface area contributed by atoms with Gasteiger partial charge in [-0.15, -0.1) is 12.4 Å². The van der Waals surface area contributed by atoms with Crippen LogP contribution in [0.2, 0.25) is 0 Å². The SMILES string of the molecule is Cl.O=C(CS(=O)(=O)C1CCCC1)N1CCC(N2CCNCC2)C1. The van der Waals surface area contributed by atoms with E-state index in [2.05, 4.69) is 10.2 Å². The summed E-state index contributed by atoms with van der Waals surface area (Å²) in [6.45, 7) is 5.44. The fraction of sp³-hybridized carbons (Fsp3) is 0.933. The van der Waals surface area contributed by atoms with E-state index < -0.39 is 9.84 Å². The third-order valence-electron chi connectivity index (χ3n) is 5.32. The summed E-state index contributed by atoms with van der Waals surface area (Å²) in [5.41, 5.74) is 0. The van der Waals surface area contributed by atoms with E-state index in [0.717, 1.165) is 58.3 Å². The number of nitrogens with one attached hydrogen (secondary N) is 1. The number of hydrogen-bond acceptors (Lipinski definition) is 5. The molecule has 3 aliphatic rings. The van der Waals surface area contributed by atoms with Crippen molar-refractivity contribution in [1.29, 1.82) is 0 Å². The molecule has 3 rings (SSSR count). The third kappa shape index (κ3) is 4.59. The smallest absolute Gasteiger partial charge is 0.237 e. The fourth-order valence-corrected chi connectivity index (χ4v) is 5.76. The fourth-order valence-electron chi connectivity index (χ4n) is 3.94. The molecule has 1 atom stereocenters. The Labute approximate surface area is 145 Å². The van der Waals surface area contributed by atoms with Crippen LogP contribution in [0.1, 0.15) is 32.1 Å². The maximum absolute atomic E-state index is 12.4. The van der Waals surface area contributed by atoms with Gasteiger partial charge in [-0.3, -0.25) is 9.69 Å². The van der Waals surface area contributed by atoms with Crippen molar-refractivity contribution in [3.8, 4) is 0 Å². The Bertz CT molecular complexity index is 502. The number of carbonyl (C=O) groups is 1. The Morgan fingerprint density at radius 3 is 2.35 bits per heavy atom. The van der Waals surface area contributed by atoms with Crippen molar-refractivity contribution in [3.63, 3.8) is 0 Å². The largest absolute Gasteiger partial charge is 0.340 e. The highest BCUT2D eigenvalue weighted by atomic mass is 35.5. The summed E-state index contributed by atoms with van der Waals surface area (Å²) in [7, 11) is -3.25. The lowest BCUT2D eigenvalue weighted by Crippen LogP contribution is -2.49. The van der Waals surface area contributed by atoms with Crippen LogP contribution in [0.5, 0.6) is 0 Å². The van der Waals surface area contributed by atoms with Crippen molar-refractivity contribution < 1.29 is 13.2 Å². The molecule has 0 spiro atoms. The quantitative estimate of drug-likeness (QED) is 0.774. The average Bonchev–Trinajstić information content (AvgIpc) is 3.20. The van der Waals surface area contributed by atoms with Gasteiger partial charge in [-0.25, -0.2) is 8.42 Å². The van der Waals surface area contributed by atoms with Crippen molar-refractivity contribution in [1.82, 2.24) is 15.1 Å². The molecule has 23 heavy (non-hydrogen) atoms. The van der Waals surface area contributed by atoms with Gasteiger partial charge in [0, 0.05) is 45.3 Å². The molecule has 1 unspecified atom stereocenters. The monoisotopic (exact) mass is 365 g/mol. The molecule has 1 amide bonds. The summed E-state index contributed by atoms with van der Waals surface area (Å²) < 4.78 is 24.6. The molecular formula is C15H28ClN3O3S. The van der Waals surface area contributed by atoms with Crippen LogP contribution in [0, 0.1) is 0 Å². The minimum atomic E-state index is -3.25. The van der Waals surface area contributed by atoms with Crippen LogP contribution < -0.4 is 5.32 Å². The molecule has 0 aromatic carbocycles. The Morgan fingerprint density at radius 2 is 1.70 bits per heavy atom. The summed E-state index contributed by atoms with van der Waals surface area (Å²) in [5.74, 6) is -0.476. The van der Waals surface area contributed by atoms with Gasteiger partial charge in [0.2, 0.25) is 5.91 Å². The van der Waals surface area contributed by atoms with E-state index in [1.54, 1.807) is 4.90 Å². The van der Waals surface area contributed by atoms with E-state index in [1.807, 2.05) is 0 Å². The molecule has 3 fully saturated rings. The predicted octanol–water partition coefficient (Wildman–Crippen LogP) is 0.272. The molecule has 1 aliphatic carbocycles. The first kappa shape index (κ1) is 19.0. The first-order chi connectivity index (χ1) is 10.6. The van der Waals surface area contributed by atoms with E-state index in [0.29, 0.717) is 19.1 Å². The van der Waals surface area contributed by atoms with E-state index >= 15 is 0 Å². The van der Waals surface area contributed by atoms with Crippen molar-refractivity contribution in [2.24, 2.45) is 0 Å². The molecule has 0 radical (unpaired) electrons. The van der Waals surface area contributed by atoms with Crippen LogP contribution in [0.3, 0.4) is 0 Å². The molecule has 0 aromatic rings. The highest BCUT2D eigenvalue weighted by Crippen LogP contribution is 2.26. The number of hydrogen-bond donors (Lipinski definition) is 1. The highest BCUT2D eigenvalue weighted by molar-refractivity contribution is 7.92. The third-order valence-corrected chi connectivity index (χ3v) is 7.46. The van der Waals surface area contributed by atoms with Gasteiger partial charge >= 0.3 is 0 Å². The van der Waals surface area contributed by atoms with E-state index in [9.17, 15) is 13.2 Å². The van der Waals surface area contributed by atoms with Crippen molar-refractivity contribution >= 4 is 28.2 Å². The molecule has 8 heteroatoms. The number of rotatable bonds is 4. The van der Waals surface area contributed by atoms with Gasteiger partial charge in [-0.1, -0.05) is 12.8 Å². The average molecular weight is 366 g/mol. The van der Waals surface area contributed by atoms with Crippen LogP contribution in [-0.4, -0.2) is 80.4 Å². The molecule has 134 valence electrons. The van der Waals surface area contributed by atoms with E-state index in [4.69, 9.17) is 0 Å². The van der Waals surface area contributed by atoms with Crippen LogP contribution in [0.25, 0.3) is 0 Å². The van der Waals surface area contributed by atoms with E-state index in [-0.39, 0.29) is 29.3 Å². The second-order valence-corrected chi connectivity index (χ2v) is 9.06. The number of amides is 1.